The van der Waals surface area contributed by atoms with E-state index in [-0.39, 0.29) is 0 Å². The molecule has 0 radical (unpaired) electrons. The van der Waals surface area contributed by atoms with Crippen LogP contribution in [0.25, 0.3) is 0 Å². The lowest BCUT2D eigenvalue weighted by atomic mass is 10.1. The Bertz CT molecular complexity index is 542. The van der Waals surface area contributed by atoms with Gasteiger partial charge < -0.3 is 15.4 Å². The van der Waals surface area contributed by atoms with Gasteiger partial charge in [-0.2, -0.15) is 0 Å². The van der Waals surface area contributed by atoms with E-state index in [2.05, 4.69) is 22.0 Å². The molecule has 0 unspecified atom stereocenters. The molecule has 1 aromatic heterocycles. The fraction of sp³-hybridized carbons (Fsp3) is 0.267. The summed E-state index contributed by atoms with van der Waals surface area (Å²) in [4.78, 5) is 6.26. The Hall–Kier alpha value is -2.07. The van der Waals surface area contributed by atoms with E-state index in [1.54, 1.807) is 13.3 Å². The number of benzene rings is 1. The van der Waals surface area contributed by atoms with Gasteiger partial charge in [0.2, 0.25) is 5.88 Å². The summed E-state index contributed by atoms with van der Waals surface area (Å²) < 4.78 is 5.14. The maximum atomic E-state index is 5.76. The van der Waals surface area contributed by atoms with Crippen LogP contribution in [0.5, 0.6) is 5.88 Å². The second-order valence-corrected chi connectivity index (χ2v) is 4.39. The van der Waals surface area contributed by atoms with Crippen molar-refractivity contribution in [1.82, 2.24) is 4.98 Å². The van der Waals surface area contributed by atoms with Crippen molar-refractivity contribution in [2.75, 3.05) is 19.1 Å². The third-order valence-corrected chi connectivity index (χ3v) is 3.11. The average Bonchev–Trinajstić information content (AvgIpc) is 2.47. The van der Waals surface area contributed by atoms with Crippen molar-refractivity contribution >= 4 is 5.69 Å². The molecule has 2 rings (SSSR count). The van der Waals surface area contributed by atoms with Gasteiger partial charge in [-0.05, 0) is 17.2 Å². The molecule has 0 amide bonds. The highest BCUT2D eigenvalue weighted by atomic mass is 16.5. The summed E-state index contributed by atoms with van der Waals surface area (Å²) in [5.74, 6) is 0.622. The minimum atomic E-state index is 0.559. The second kappa shape index (κ2) is 6.20. The summed E-state index contributed by atoms with van der Waals surface area (Å²) in [6.07, 6.45) is 1.75. The molecule has 19 heavy (non-hydrogen) atoms. The van der Waals surface area contributed by atoms with Crippen LogP contribution < -0.4 is 15.4 Å². The average molecular weight is 257 g/mol. The number of ether oxygens (including phenoxy) is 1. The van der Waals surface area contributed by atoms with E-state index in [0.29, 0.717) is 12.4 Å². The number of nitrogens with two attached hydrogens (primary N) is 1. The van der Waals surface area contributed by atoms with Crippen LogP contribution in [-0.4, -0.2) is 19.1 Å². The Kier molecular flexibility index (Phi) is 4.36. The van der Waals surface area contributed by atoms with Gasteiger partial charge in [-0.25, -0.2) is 4.98 Å². The Morgan fingerprint density at radius 3 is 2.63 bits per heavy atom. The maximum Gasteiger partial charge on any atom is 0.214 e. The van der Waals surface area contributed by atoms with Crippen molar-refractivity contribution in [2.24, 2.45) is 5.73 Å². The first-order valence-electron chi connectivity index (χ1n) is 6.22. The summed E-state index contributed by atoms with van der Waals surface area (Å²) in [7, 11) is 3.66. The van der Waals surface area contributed by atoms with Gasteiger partial charge in [0.15, 0.2) is 0 Å². The zero-order valence-corrected chi connectivity index (χ0v) is 11.3. The molecular weight excluding hydrogens is 238 g/mol. The maximum absolute atomic E-state index is 5.76. The first-order valence-corrected chi connectivity index (χ1v) is 6.22. The highest BCUT2D eigenvalue weighted by Gasteiger charge is 2.06. The van der Waals surface area contributed by atoms with E-state index < -0.39 is 0 Å². The standard InChI is InChI=1S/C15H19N3O/c1-18(14-7-8-17-15(9-14)19-2)11-13-6-4-3-5-12(13)10-16/h3-9H,10-11,16H2,1-2H3. The lowest BCUT2D eigenvalue weighted by Gasteiger charge is -2.21. The Morgan fingerprint density at radius 1 is 1.21 bits per heavy atom. The van der Waals surface area contributed by atoms with Crippen molar-refractivity contribution in [1.29, 1.82) is 0 Å². The molecule has 0 aliphatic rings. The largest absolute Gasteiger partial charge is 0.481 e. The van der Waals surface area contributed by atoms with E-state index in [1.807, 2.05) is 31.3 Å². The topological polar surface area (TPSA) is 51.4 Å². The molecule has 1 heterocycles. The quantitative estimate of drug-likeness (QED) is 0.892. The van der Waals surface area contributed by atoms with Crippen LogP contribution >= 0.6 is 0 Å². The summed E-state index contributed by atoms with van der Waals surface area (Å²) in [6, 6.07) is 12.1. The zero-order chi connectivity index (χ0) is 13.7. The molecule has 100 valence electrons. The molecule has 0 bridgehead atoms. The van der Waals surface area contributed by atoms with Gasteiger partial charge in [0.05, 0.1) is 7.11 Å². The summed E-state index contributed by atoms with van der Waals surface area (Å²) >= 11 is 0. The molecule has 2 N–H and O–H groups in total. The molecule has 4 nitrogen and oxygen atoms in total. The summed E-state index contributed by atoms with van der Waals surface area (Å²) in [5, 5.41) is 0. The van der Waals surface area contributed by atoms with Gasteiger partial charge in [-0.15, -0.1) is 0 Å². The number of hydrogen-bond acceptors (Lipinski definition) is 4. The molecule has 1 aromatic carbocycles. The first-order chi connectivity index (χ1) is 9.24. The molecule has 0 saturated heterocycles. The Labute approximate surface area is 113 Å². The normalized spacial score (nSPS) is 10.3. The number of aromatic nitrogens is 1. The van der Waals surface area contributed by atoms with Crippen molar-refractivity contribution in [3.63, 3.8) is 0 Å². The van der Waals surface area contributed by atoms with Crippen molar-refractivity contribution < 1.29 is 4.74 Å². The molecule has 0 aliphatic heterocycles. The van der Waals surface area contributed by atoms with Crippen molar-refractivity contribution in [2.45, 2.75) is 13.1 Å². The van der Waals surface area contributed by atoms with Gasteiger partial charge in [-0.3, -0.25) is 0 Å². The molecule has 0 saturated carbocycles. The molecule has 2 aromatic rings. The lowest BCUT2D eigenvalue weighted by molar-refractivity contribution is 0.398. The lowest BCUT2D eigenvalue weighted by Crippen LogP contribution is -2.18. The predicted molar refractivity (Wildman–Crippen MR) is 77.2 cm³/mol. The van der Waals surface area contributed by atoms with E-state index in [9.17, 15) is 0 Å². The number of rotatable bonds is 5. The number of pyridine rings is 1. The van der Waals surface area contributed by atoms with E-state index in [4.69, 9.17) is 10.5 Å². The zero-order valence-electron chi connectivity index (χ0n) is 11.3. The van der Waals surface area contributed by atoms with Gasteiger partial charge in [0, 0.05) is 38.1 Å². The Morgan fingerprint density at radius 2 is 1.95 bits per heavy atom. The Balaban J connectivity index is 2.18. The number of methoxy groups -OCH3 is 1. The molecule has 0 fully saturated rings. The molecule has 4 heteroatoms. The fourth-order valence-corrected chi connectivity index (χ4v) is 2.01. The number of hydrogen-bond donors (Lipinski definition) is 1. The van der Waals surface area contributed by atoms with Crippen molar-refractivity contribution in [3.8, 4) is 5.88 Å². The highest BCUT2D eigenvalue weighted by Crippen LogP contribution is 2.20. The summed E-state index contributed by atoms with van der Waals surface area (Å²) in [6.45, 7) is 1.37. The molecule has 0 aliphatic carbocycles. The van der Waals surface area contributed by atoms with Crippen LogP contribution in [0.1, 0.15) is 11.1 Å². The monoisotopic (exact) mass is 257 g/mol. The first kappa shape index (κ1) is 13.4. The number of nitrogens with zero attached hydrogens (tertiary/aromatic N) is 2. The van der Waals surface area contributed by atoms with Crippen LogP contribution in [0.4, 0.5) is 5.69 Å². The van der Waals surface area contributed by atoms with Crippen LogP contribution in [0.15, 0.2) is 42.6 Å². The minimum absolute atomic E-state index is 0.559. The van der Waals surface area contributed by atoms with Crippen molar-refractivity contribution in [3.05, 3.63) is 53.7 Å². The number of anilines is 1. The smallest absolute Gasteiger partial charge is 0.214 e. The minimum Gasteiger partial charge on any atom is -0.481 e. The van der Waals surface area contributed by atoms with Crippen LogP contribution in [-0.2, 0) is 13.1 Å². The SMILES string of the molecule is COc1cc(N(C)Cc2ccccc2CN)ccn1. The van der Waals surface area contributed by atoms with E-state index >= 15 is 0 Å². The van der Waals surface area contributed by atoms with Crippen LogP contribution in [0.2, 0.25) is 0 Å². The van der Waals surface area contributed by atoms with Gasteiger partial charge >= 0.3 is 0 Å². The molecular formula is C15H19N3O. The predicted octanol–water partition coefficient (Wildman–Crippen LogP) is 2.19. The highest BCUT2D eigenvalue weighted by molar-refractivity contribution is 5.48. The van der Waals surface area contributed by atoms with Gasteiger partial charge in [-0.1, -0.05) is 24.3 Å². The van der Waals surface area contributed by atoms with E-state index in [1.165, 1.54) is 11.1 Å². The summed E-state index contributed by atoms with van der Waals surface area (Å²) in [5.41, 5.74) is 9.25. The third-order valence-electron chi connectivity index (χ3n) is 3.11. The molecule has 0 spiro atoms. The second-order valence-electron chi connectivity index (χ2n) is 4.39. The fourth-order valence-electron chi connectivity index (χ4n) is 2.01. The van der Waals surface area contributed by atoms with E-state index in [0.717, 1.165) is 12.2 Å². The van der Waals surface area contributed by atoms with Crippen LogP contribution in [0, 0.1) is 0 Å². The van der Waals surface area contributed by atoms with Gasteiger partial charge in [0.25, 0.3) is 0 Å². The van der Waals surface area contributed by atoms with Crippen LogP contribution in [0.3, 0.4) is 0 Å². The molecule has 0 atom stereocenters. The third kappa shape index (κ3) is 3.23. The van der Waals surface area contributed by atoms with Gasteiger partial charge in [0.1, 0.15) is 0 Å².